The van der Waals surface area contributed by atoms with Gasteiger partial charge in [-0.25, -0.2) is 0 Å². The van der Waals surface area contributed by atoms with Gasteiger partial charge in [0.15, 0.2) is 0 Å². The summed E-state index contributed by atoms with van der Waals surface area (Å²) in [6.45, 7) is 13.9. The smallest absolute Gasteiger partial charge is 0.0947 e. The molecule has 1 saturated heterocycles. The Morgan fingerprint density at radius 2 is 1.60 bits per heavy atom. The van der Waals surface area contributed by atoms with Crippen molar-refractivity contribution in [1.82, 2.24) is 15.5 Å². The van der Waals surface area contributed by atoms with E-state index in [0.717, 1.165) is 44.7 Å². The summed E-state index contributed by atoms with van der Waals surface area (Å²) in [7, 11) is 0. The van der Waals surface area contributed by atoms with Crippen LogP contribution in [0.15, 0.2) is 91.3 Å². The SMILES string of the molecule is C=C(NCc1ccc(CC(C)C)cc1)N(Cc1ccc(C)cc1)C1CCNC(c2ccccc2)C1. The third-order valence-electron chi connectivity index (χ3n) is 7.00. The zero-order valence-corrected chi connectivity index (χ0v) is 21.6. The molecule has 1 heterocycles. The average molecular weight is 468 g/mol. The Labute approximate surface area is 212 Å². The first-order chi connectivity index (χ1) is 17.0. The van der Waals surface area contributed by atoms with Gasteiger partial charge >= 0.3 is 0 Å². The summed E-state index contributed by atoms with van der Waals surface area (Å²) in [6.07, 6.45) is 3.31. The molecule has 3 aromatic rings. The summed E-state index contributed by atoms with van der Waals surface area (Å²) in [4.78, 5) is 2.49. The third-order valence-corrected chi connectivity index (χ3v) is 7.00. The van der Waals surface area contributed by atoms with Crippen molar-refractivity contribution in [3.63, 3.8) is 0 Å². The molecule has 35 heavy (non-hydrogen) atoms. The lowest BCUT2D eigenvalue weighted by molar-refractivity contribution is 0.166. The van der Waals surface area contributed by atoms with E-state index in [1.807, 2.05) is 0 Å². The highest BCUT2D eigenvalue weighted by molar-refractivity contribution is 5.25. The molecule has 3 aromatic carbocycles. The fraction of sp³-hybridized carbons (Fsp3) is 0.375. The standard InChI is InChI=1S/C32H41N3/c1-24(2)20-27-14-16-28(17-15-27)22-34-26(4)35(23-29-12-10-25(3)11-13-29)31-18-19-33-32(21-31)30-8-6-5-7-9-30/h5-17,24,31-34H,4,18-23H2,1-3H3. The van der Waals surface area contributed by atoms with Crippen LogP contribution in [0.5, 0.6) is 0 Å². The maximum atomic E-state index is 4.51. The van der Waals surface area contributed by atoms with Crippen LogP contribution in [0.3, 0.4) is 0 Å². The summed E-state index contributed by atoms with van der Waals surface area (Å²) in [6, 6.07) is 29.6. The lowest BCUT2D eigenvalue weighted by Crippen LogP contribution is -2.45. The van der Waals surface area contributed by atoms with Crippen molar-refractivity contribution < 1.29 is 0 Å². The molecule has 184 valence electrons. The van der Waals surface area contributed by atoms with Crippen LogP contribution in [-0.4, -0.2) is 17.5 Å². The van der Waals surface area contributed by atoms with E-state index < -0.39 is 0 Å². The van der Waals surface area contributed by atoms with Gasteiger partial charge in [0.05, 0.1) is 5.82 Å². The largest absolute Gasteiger partial charge is 0.368 e. The number of piperidine rings is 1. The molecule has 0 bridgehead atoms. The summed E-state index contributed by atoms with van der Waals surface area (Å²) in [5.74, 6) is 1.69. The Morgan fingerprint density at radius 3 is 2.29 bits per heavy atom. The van der Waals surface area contributed by atoms with Crippen molar-refractivity contribution in [3.8, 4) is 0 Å². The number of benzene rings is 3. The molecular formula is C32H41N3. The van der Waals surface area contributed by atoms with Crippen molar-refractivity contribution in [2.75, 3.05) is 6.54 Å². The van der Waals surface area contributed by atoms with Gasteiger partial charge in [0.25, 0.3) is 0 Å². The molecule has 1 aliphatic heterocycles. The lowest BCUT2D eigenvalue weighted by Gasteiger charge is -2.40. The molecule has 1 fully saturated rings. The predicted octanol–water partition coefficient (Wildman–Crippen LogP) is 6.75. The second-order valence-electron chi connectivity index (χ2n) is 10.4. The van der Waals surface area contributed by atoms with Crippen molar-refractivity contribution in [3.05, 3.63) is 119 Å². The molecule has 3 nitrogen and oxygen atoms in total. The van der Waals surface area contributed by atoms with Gasteiger partial charge in [0, 0.05) is 25.2 Å². The first-order valence-corrected chi connectivity index (χ1v) is 13.1. The second kappa shape index (κ2) is 12.1. The van der Waals surface area contributed by atoms with E-state index in [4.69, 9.17) is 0 Å². The lowest BCUT2D eigenvalue weighted by atomic mass is 9.92. The van der Waals surface area contributed by atoms with E-state index in [1.165, 1.54) is 27.8 Å². The summed E-state index contributed by atoms with van der Waals surface area (Å²) < 4.78 is 0. The minimum Gasteiger partial charge on any atom is -0.368 e. The Bertz CT molecular complexity index is 1050. The number of rotatable bonds is 10. The molecule has 0 aliphatic carbocycles. The van der Waals surface area contributed by atoms with Crippen molar-refractivity contribution in [1.29, 1.82) is 0 Å². The molecule has 4 rings (SSSR count). The zero-order valence-electron chi connectivity index (χ0n) is 21.6. The predicted molar refractivity (Wildman–Crippen MR) is 148 cm³/mol. The van der Waals surface area contributed by atoms with Crippen molar-refractivity contribution >= 4 is 0 Å². The van der Waals surface area contributed by atoms with E-state index in [9.17, 15) is 0 Å². The fourth-order valence-corrected chi connectivity index (χ4v) is 5.03. The van der Waals surface area contributed by atoms with E-state index in [-0.39, 0.29) is 0 Å². The van der Waals surface area contributed by atoms with Crippen LogP contribution in [0.25, 0.3) is 0 Å². The molecule has 0 radical (unpaired) electrons. The highest BCUT2D eigenvalue weighted by atomic mass is 15.3. The average Bonchev–Trinajstić information content (AvgIpc) is 2.88. The minimum absolute atomic E-state index is 0.372. The van der Waals surface area contributed by atoms with E-state index in [1.54, 1.807) is 0 Å². The summed E-state index contributed by atoms with van der Waals surface area (Å²) in [5, 5.41) is 7.38. The normalized spacial score (nSPS) is 17.8. The maximum Gasteiger partial charge on any atom is 0.0947 e. The van der Waals surface area contributed by atoms with Crippen molar-refractivity contribution in [2.45, 2.75) is 65.2 Å². The number of aryl methyl sites for hydroxylation is 1. The van der Waals surface area contributed by atoms with Crippen LogP contribution in [0.4, 0.5) is 0 Å². The molecule has 0 saturated carbocycles. The summed E-state index contributed by atoms with van der Waals surface area (Å²) >= 11 is 0. The van der Waals surface area contributed by atoms with E-state index in [2.05, 4.69) is 122 Å². The van der Waals surface area contributed by atoms with Gasteiger partial charge in [-0.05, 0) is 60.9 Å². The van der Waals surface area contributed by atoms with Gasteiger partial charge < -0.3 is 15.5 Å². The van der Waals surface area contributed by atoms with Crippen LogP contribution in [0.2, 0.25) is 0 Å². The second-order valence-corrected chi connectivity index (χ2v) is 10.4. The number of nitrogens with zero attached hydrogens (tertiary/aromatic N) is 1. The van der Waals surface area contributed by atoms with Crippen LogP contribution in [0, 0.1) is 12.8 Å². The number of nitrogens with one attached hydrogen (secondary N) is 2. The molecule has 0 aromatic heterocycles. The van der Waals surface area contributed by atoms with Gasteiger partial charge in [-0.15, -0.1) is 0 Å². The highest BCUT2D eigenvalue weighted by Gasteiger charge is 2.28. The number of hydrogen-bond acceptors (Lipinski definition) is 3. The van der Waals surface area contributed by atoms with Crippen LogP contribution in [-0.2, 0) is 19.5 Å². The molecule has 1 aliphatic rings. The van der Waals surface area contributed by atoms with E-state index in [0.29, 0.717) is 18.0 Å². The molecule has 0 amide bonds. The van der Waals surface area contributed by atoms with Gasteiger partial charge in [-0.3, -0.25) is 0 Å². The first kappa shape index (κ1) is 25.1. The topological polar surface area (TPSA) is 27.3 Å². The van der Waals surface area contributed by atoms with Gasteiger partial charge in [-0.2, -0.15) is 0 Å². The van der Waals surface area contributed by atoms with Crippen LogP contribution >= 0.6 is 0 Å². The van der Waals surface area contributed by atoms with Crippen molar-refractivity contribution in [2.24, 2.45) is 5.92 Å². The van der Waals surface area contributed by atoms with Gasteiger partial charge in [-0.1, -0.05) is 105 Å². The molecule has 2 unspecified atom stereocenters. The molecule has 2 N–H and O–H groups in total. The van der Waals surface area contributed by atoms with Crippen LogP contribution < -0.4 is 10.6 Å². The van der Waals surface area contributed by atoms with Crippen LogP contribution in [0.1, 0.15) is 60.5 Å². The Morgan fingerprint density at radius 1 is 0.943 bits per heavy atom. The third kappa shape index (κ3) is 7.22. The number of hydrogen-bond donors (Lipinski definition) is 2. The fourth-order valence-electron chi connectivity index (χ4n) is 5.03. The quantitative estimate of drug-likeness (QED) is 0.345. The molecule has 0 spiro atoms. The van der Waals surface area contributed by atoms with E-state index >= 15 is 0 Å². The Balaban J connectivity index is 1.46. The Kier molecular flexibility index (Phi) is 8.65. The minimum atomic E-state index is 0.372. The monoisotopic (exact) mass is 467 g/mol. The zero-order chi connectivity index (χ0) is 24.6. The molecular weight excluding hydrogens is 426 g/mol. The van der Waals surface area contributed by atoms with Gasteiger partial charge in [0.2, 0.25) is 0 Å². The Hall–Kier alpha value is -3.04. The highest BCUT2D eigenvalue weighted by Crippen LogP contribution is 2.29. The molecule has 2 atom stereocenters. The van der Waals surface area contributed by atoms with Gasteiger partial charge in [0.1, 0.15) is 0 Å². The first-order valence-electron chi connectivity index (χ1n) is 13.1. The summed E-state index contributed by atoms with van der Waals surface area (Å²) in [5.41, 5.74) is 6.69. The molecule has 3 heteroatoms. The maximum absolute atomic E-state index is 4.51.